The molecule has 2 N–H and O–H groups in total. The number of carbonyl (C=O) groups excluding carboxylic acids is 2. The molecule has 4 nitrogen and oxygen atoms in total. The molecule has 0 bridgehead atoms. The first-order valence-corrected chi connectivity index (χ1v) is 8.97. The monoisotopic (exact) mass is 346 g/mol. The second-order valence-electron chi connectivity index (χ2n) is 6.38. The van der Waals surface area contributed by atoms with Crippen LogP contribution in [0.25, 0.3) is 19.5 Å². The maximum atomic E-state index is 12.2. The molecule has 0 radical (unpaired) electrons. The van der Waals surface area contributed by atoms with Crippen LogP contribution in [-0.4, -0.2) is 23.9 Å². The minimum atomic E-state index is -0.299. The first-order valence-electron chi connectivity index (χ1n) is 7.34. The van der Waals surface area contributed by atoms with Gasteiger partial charge in [0.1, 0.15) is 0 Å². The van der Waals surface area contributed by atoms with Crippen molar-refractivity contribution in [2.45, 2.75) is 26.3 Å². The predicted octanol–water partition coefficient (Wildman–Crippen LogP) is 3.76. The molecule has 3 rings (SSSR count). The Hall–Kier alpha value is -1.92. The molecule has 0 atom stereocenters. The van der Waals surface area contributed by atoms with E-state index in [0.717, 1.165) is 9.40 Å². The highest BCUT2D eigenvalue weighted by Crippen LogP contribution is 2.39. The van der Waals surface area contributed by atoms with Gasteiger partial charge in [-0.2, -0.15) is 0 Å². The van der Waals surface area contributed by atoms with Gasteiger partial charge in [0.2, 0.25) is 5.91 Å². The summed E-state index contributed by atoms with van der Waals surface area (Å²) >= 11 is 3.16. The zero-order chi connectivity index (χ0) is 16.6. The maximum Gasteiger partial charge on any atom is 0.261 e. The van der Waals surface area contributed by atoms with Gasteiger partial charge in [0.25, 0.3) is 5.91 Å². The molecule has 0 aliphatic rings. The van der Waals surface area contributed by atoms with Gasteiger partial charge in [0.05, 0.1) is 16.1 Å². The van der Waals surface area contributed by atoms with Gasteiger partial charge in [-0.1, -0.05) is 18.2 Å². The van der Waals surface area contributed by atoms with Crippen LogP contribution in [0.15, 0.2) is 30.3 Å². The molecule has 0 spiro atoms. The molecular weight excluding hydrogens is 328 g/mol. The van der Waals surface area contributed by atoms with E-state index in [1.165, 1.54) is 21.4 Å². The highest BCUT2D eigenvalue weighted by molar-refractivity contribution is 7.33. The smallest absolute Gasteiger partial charge is 0.261 e. The van der Waals surface area contributed by atoms with E-state index in [9.17, 15) is 9.59 Å². The Labute approximate surface area is 142 Å². The summed E-state index contributed by atoms with van der Waals surface area (Å²) < 4.78 is 3.47. The summed E-state index contributed by atoms with van der Waals surface area (Å²) in [5.74, 6) is -0.388. The summed E-state index contributed by atoms with van der Waals surface area (Å²) in [6, 6.07) is 10.1. The van der Waals surface area contributed by atoms with Crippen LogP contribution in [0.4, 0.5) is 0 Å². The summed E-state index contributed by atoms with van der Waals surface area (Å²) in [5.41, 5.74) is -0.299. The number of benzene rings is 1. The first kappa shape index (κ1) is 16.0. The van der Waals surface area contributed by atoms with Crippen molar-refractivity contribution in [3.63, 3.8) is 0 Å². The molecule has 2 heterocycles. The number of rotatable bonds is 3. The molecule has 23 heavy (non-hydrogen) atoms. The fraction of sp³-hybridized carbons (Fsp3) is 0.294. The number of amides is 2. The van der Waals surface area contributed by atoms with Crippen LogP contribution in [-0.2, 0) is 4.79 Å². The highest BCUT2D eigenvalue weighted by atomic mass is 32.1. The molecule has 0 fully saturated rings. The van der Waals surface area contributed by atoms with Gasteiger partial charge in [-0.15, -0.1) is 22.7 Å². The Kier molecular flexibility index (Phi) is 4.12. The van der Waals surface area contributed by atoms with Crippen LogP contribution >= 0.6 is 22.7 Å². The van der Waals surface area contributed by atoms with Gasteiger partial charge in [-0.25, -0.2) is 0 Å². The third-order valence-electron chi connectivity index (χ3n) is 3.20. The molecule has 0 saturated carbocycles. The lowest BCUT2D eigenvalue weighted by atomic mass is 10.1. The number of fused-ring (bicyclic) bond motifs is 3. The van der Waals surface area contributed by atoms with Gasteiger partial charge < -0.3 is 10.6 Å². The van der Waals surface area contributed by atoms with E-state index in [0.29, 0.717) is 4.88 Å². The second-order valence-corrected chi connectivity index (χ2v) is 8.52. The van der Waals surface area contributed by atoms with Crippen molar-refractivity contribution < 1.29 is 9.59 Å². The van der Waals surface area contributed by atoms with Gasteiger partial charge in [0, 0.05) is 20.3 Å². The number of thiophene rings is 2. The van der Waals surface area contributed by atoms with E-state index in [-0.39, 0.29) is 23.9 Å². The lowest BCUT2D eigenvalue weighted by molar-refractivity contribution is -0.121. The van der Waals surface area contributed by atoms with Crippen molar-refractivity contribution in [1.29, 1.82) is 0 Å². The molecule has 0 saturated heterocycles. The van der Waals surface area contributed by atoms with Gasteiger partial charge in [-0.05, 0) is 32.9 Å². The lowest BCUT2D eigenvalue weighted by Gasteiger charge is -2.20. The molecule has 3 aromatic rings. The van der Waals surface area contributed by atoms with E-state index in [4.69, 9.17) is 0 Å². The zero-order valence-electron chi connectivity index (χ0n) is 13.2. The van der Waals surface area contributed by atoms with Gasteiger partial charge in [-0.3, -0.25) is 9.59 Å². The standard InChI is InChI=1S/C17H18N2O2S2/c1-17(2,3)19-14(20)9-18-16(21)13-8-12-15(23-13)10-6-4-5-7-11(10)22-12/h4-8H,9H2,1-3H3,(H,18,21)(H,19,20). The van der Waals surface area contributed by atoms with E-state index in [1.807, 2.05) is 39.0 Å². The van der Waals surface area contributed by atoms with Crippen molar-refractivity contribution >= 4 is 54.0 Å². The van der Waals surface area contributed by atoms with Crippen molar-refractivity contribution in [2.75, 3.05) is 6.54 Å². The quantitative estimate of drug-likeness (QED) is 0.758. The summed E-state index contributed by atoms with van der Waals surface area (Å²) in [7, 11) is 0. The van der Waals surface area contributed by atoms with E-state index in [1.54, 1.807) is 11.3 Å². The van der Waals surface area contributed by atoms with Crippen LogP contribution < -0.4 is 10.6 Å². The molecule has 0 unspecified atom stereocenters. The minimum Gasteiger partial charge on any atom is -0.350 e. The average Bonchev–Trinajstić information content (AvgIpc) is 3.00. The zero-order valence-corrected chi connectivity index (χ0v) is 14.9. The summed E-state index contributed by atoms with van der Waals surface area (Å²) in [6.45, 7) is 5.71. The van der Waals surface area contributed by atoms with Crippen LogP contribution in [0.3, 0.4) is 0 Å². The molecule has 6 heteroatoms. The maximum absolute atomic E-state index is 12.2. The average molecular weight is 346 g/mol. The van der Waals surface area contributed by atoms with Crippen LogP contribution in [0.1, 0.15) is 30.4 Å². The van der Waals surface area contributed by atoms with Crippen LogP contribution in [0, 0.1) is 0 Å². The summed E-state index contributed by atoms with van der Waals surface area (Å²) in [4.78, 5) is 24.7. The second kappa shape index (κ2) is 5.94. The van der Waals surface area contributed by atoms with Crippen molar-refractivity contribution in [3.8, 4) is 0 Å². The van der Waals surface area contributed by atoms with Crippen molar-refractivity contribution in [2.24, 2.45) is 0 Å². The van der Waals surface area contributed by atoms with Crippen LogP contribution in [0.5, 0.6) is 0 Å². The third-order valence-corrected chi connectivity index (χ3v) is 5.61. The van der Waals surface area contributed by atoms with E-state index in [2.05, 4.69) is 22.8 Å². The molecule has 0 aliphatic heterocycles. The van der Waals surface area contributed by atoms with Gasteiger partial charge in [0.15, 0.2) is 0 Å². The van der Waals surface area contributed by atoms with Crippen molar-refractivity contribution in [3.05, 3.63) is 35.2 Å². The van der Waals surface area contributed by atoms with E-state index < -0.39 is 0 Å². The van der Waals surface area contributed by atoms with Gasteiger partial charge >= 0.3 is 0 Å². The number of nitrogens with one attached hydrogen (secondary N) is 2. The first-order chi connectivity index (χ1) is 10.8. The van der Waals surface area contributed by atoms with Crippen LogP contribution in [0.2, 0.25) is 0 Å². The lowest BCUT2D eigenvalue weighted by Crippen LogP contribution is -2.45. The number of carbonyl (C=O) groups is 2. The molecule has 2 amide bonds. The van der Waals surface area contributed by atoms with Crippen molar-refractivity contribution in [1.82, 2.24) is 10.6 Å². The Balaban J connectivity index is 1.73. The number of hydrogen-bond donors (Lipinski definition) is 2. The third kappa shape index (κ3) is 3.54. The fourth-order valence-electron chi connectivity index (χ4n) is 2.32. The molecule has 120 valence electrons. The fourth-order valence-corrected chi connectivity index (χ4v) is 4.76. The number of hydrogen-bond acceptors (Lipinski definition) is 4. The van der Waals surface area contributed by atoms with E-state index >= 15 is 0 Å². The predicted molar refractivity (Wildman–Crippen MR) is 97.4 cm³/mol. The highest BCUT2D eigenvalue weighted by Gasteiger charge is 2.17. The molecular formula is C17H18N2O2S2. The Morgan fingerprint density at radius 1 is 1.09 bits per heavy atom. The summed E-state index contributed by atoms with van der Waals surface area (Å²) in [5, 5.41) is 6.69. The Morgan fingerprint density at radius 2 is 1.83 bits per heavy atom. The summed E-state index contributed by atoms with van der Waals surface area (Å²) in [6.07, 6.45) is 0. The SMILES string of the molecule is CC(C)(C)NC(=O)CNC(=O)c1cc2sc3ccccc3c2s1. The normalized spacial score (nSPS) is 11.8. The Morgan fingerprint density at radius 3 is 2.57 bits per heavy atom. The molecule has 0 aliphatic carbocycles. The Bertz CT molecular complexity index is 887. The molecule has 1 aromatic carbocycles. The minimum absolute atomic E-state index is 0.0115. The molecule has 2 aromatic heterocycles. The topological polar surface area (TPSA) is 58.2 Å². The largest absolute Gasteiger partial charge is 0.350 e.